The Kier molecular flexibility index (Phi) is 5.77. The molecule has 1 aromatic heterocycles. The largest absolute Gasteiger partial charge is 0.472 e. The predicted molar refractivity (Wildman–Crippen MR) is 78.2 cm³/mol. The van der Waals surface area contributed by atoms with E-state index in [0.29, 0.717) is 18.0 Å². The van der Waals surface area contributed by atoms with Gasteiger partial charge in [-0.25, -0.2) is 9.37 Å². The van der Waals surface area contributed by atoms with Crippen molar-refractivity contribution in [2.75, 3.05) is 6.54 Å². The Morgan fingerprint density at radius 3 is 3.05 bits per heavy atom. The number of nitrogens with one attached hydrogen (secondary N) is 1. The first kappa shape index (κ1) is 15.2. The summed E-state index contributed by atoms with van der Waals surface area (Å²) >= 11 is 0. The molecule has 3 nitrogen and oxygen atoms in total. The van der Waals surface area contributed by atoms with Gasteiger partial charge in [-0.15, -0.1) is 0 Å². The zero-order chi connectivity index (χ0) is 14.4. The van der Waals surface area contributed by atoms with E-state index in [0.717, 1.165) is 32.2 Å². The van der Waals surface area contributed by atoms with Gasteiger partial charge in [-0.2, -0.15) is 0 Å². The van der Waals surface area contributed by atoms with Crippen molar-refractivity contribution in [2.45, 2.75) is 58.6 Å². The van der Waals surface area contributed by atoms with Gasteiger partial charge in [0.1, 0.15) is 6.10 Å². The maximum Gasteiger partial charge on any atom is 0.250 e. The fourth-order valence-corrected chi connectivity index (χ4v) is 2.72. The molecule has 0 aromatic carbocycles. The highest BCUT2D eigenvalue weighted by molar-refractivity contribution is 5.23. The SMILES string of the molecule is CCCNCc1ccnc(OC2CCCC(C)C2)c1F. The zero-order valence-corrected chi connectivity index (χ0v) is 12.5. The maximum atomic E-state index is 14.3. The number of nitrogens with zero attached hydrogens (tertiary/aromatic N) is 1. The quantitative estimate of drug-likeness (QED) is 0.807. The molecular formula is C16H25FN2O. The van der Waals surface area contributed by atoms with Crippen LogP contribution in [0.25, 0.3) is 0 Å². The van der Waals surface area contributed by atoms with Gasteiger partial charge in [0.25, 0.3) is 5.88 Å². The van der Waals surface area contributed by atoms with Crippen molar-refractivity contribution < 1.29 is 9.13 Å². The Labute approximate surface area is 120 Å². The van der Waals surface area contributed by atoms with E-state index in [4.69, 9.17) is 4.74 Å². The van der Waals surface area contributed by atoms with Crippen molar-refractivity contribution in [1.82, 2.24) is 10.3 Å². The molecule has 20 heavy (non-hydrogen) atoms. The first-order chi connectivity index (χ1) is 9.70. The molecule has 1 fully saturated rings. The second kappa shape index (κ2) is 7.58. The van der Waals surface area contributed by atoms with Crippen LogP contribution in [0.15, 0.2) is 12.3 Å². The van der Waals surface area contributed by atoms with E-state index in [2.05, 4.69) is 24.1 Å². The number of hydrogen-bond donors (Lipinski definition) is 1. The molecular weight excluding hydrogens is 255 g/mol. The number of halogens is 1. The Morgan fingerprint density at radius 1 is 1.45 bits per heavy atom. The van der Waals surface area contributed by atoms with Crippen LogP contribution in [-0.2, 0) is 6.54 Å². The van der Waals surface area contributed by atoms with E-state index < -0.39 is 0 Å². The summed E-state index contributed by atoms with van der Waals surface area (Å²) in [5, 5.41) is 3.21. The first-order valence-corrected chi connectivity index (χ1v) is 7.71. The first-order valence-electron chi connectivity index (χ1n) is 7.71. The molecule has 0 radical (unpaired) electrons. The molecule has 1 saturated carbocycles. The predicted octanol–water partition coefficient (Wildman–Crippen LogP) is 3.68. The Bertz CT molecular complexity index is 425. The highest BCUT2D eigenvalue weighted by atomic mass is 19.1. The monoisotopic (exact) mass is 280 g/mol. The lowest BCUT2D eigenvalue weighted by atomic mass is 9.89. The topological polar surface area (TPSA) is 34.2 Å². The molecule has 0 saturated heterocycles. The lowest BCUT2D eigenvalue weighted by molar-refractivity contribution is 0.118. The van der Waals surface area contributed by atoms with Crippen molar-refractivity contribution >= 4 is 0 Å². The van der Waals surface area contributed by atoms with E-state index in [1.807, 2.05) is 0 Å². The van der Waals surface area contributed by atoms with E-state index in [1.165, 1.54) is 6.42 Å². The van der Waals surface area contributed by atoms with E-state index >= 15 is 0 Å². The van der Waals surface area contributed by atoms with Gasteiger partial charge in [-0.3, -0.25) is 0 Å². The summed E-state index contributed by atoms with van der Waals surface area (Å²) in [5.74, 6) is 0.514. The van der Waals surface area contributed by atoms with Gasteiger partial charge < -0.3 is 10.1 Å². The van der Waals surface area contributed by atoms with Crippen molar-refractivity contribution in [1.29, 1.82) is 0 Å². The van der Waals surface area contributed by atoms with Crippen LogP contribution in [-0.4, -0.2) is 17.6 Å². The molecule has 1 aliphatic carbocycles. The number of aromatic nitrogens is 1. The van der Waals surface area contributed by atoms with Crippen LogP contribution in [0.5, 0.6) is 5.88 Å². The van der Waals surface area contributed by atoms with Crippen LogP contribution in [0.4, 0.5) is 4.39 Å². The Hall–Kier alpha value is -1.16. The van der Waals surface area contributed by atoms with Crippen molar-refractivity contribution in [3.8, 4) is 5.88 Å². The third-order valence-electron chi connectivity index (χ3n) is 3.85. The summed E-state index contributed by atoms with van der Waals surface area (Å²) in [5.41, 5.74) is 0.632. The molecule has 112 valence electrons. The lowest BCUT2D eigenvalue weighted by Crippen LogP contribution is -2.25. The molecule has 1 aliphatic rings. The highest BCUT2D eigenvalue weighted by Gasteiger charge is 2.22. The minimum absolute atomic E-state index is 0.111. The fourth-order valence-electron chi connectivity index (χ4n) is 2.72. The zero-order valence-electron chi connectivity index (χ0n) is 12.5. The van der Waals surface area contributed by atoms with Crippen LogP contribution in [0.1, 0.15) is 51.5 Å². The van der Waals surface area contributed by atoms with Gasteiger partial charge in [0, 0.05) is 18.3 Å². The van der Waals surface area contributed by atoms with Gasteiger partial charge in [0.2, 0.25) is 0 Å². The summed E-state index contributed by atoms with van der Waals surface area (Å²) in [4.78, 5) is 4.06. The van der Waals surface area contributed by atoms with Gasteiger partial charge in [-0.1, -0.05) is 20.3 Å². The van der Waals surface area contributed by atoms with Crippen LogP contribution in [0, 0.1) is 11.7 Å². The standard InChI is InChI=1S/C16H25FN2O/c1-3-8-18-11-13-7-9-19-16(15(13)17)20-14-6-4-5-12(2)10-14/h7,9,12,14,18H,3-6,8,10-11H2,1-2H3. The van der Waals surface area contributed by atoms with Crippen LogP contribution in [0.3, 0.4) is 0 Å². The van der Waals surface area contributed by atoms with Crippen molar-refractivity contribution in [3.63, 3.8) is 0 Å². The van der Waals surface area contributed by atoms with Crippen LogP contribution >= 0.6 is 0 Å². The molecule has 2 atom stereocenters. The Balaban J connectivity index is 1.98. The average Bonchev–Trinajstić information content (AvgIpc) is 2.43. The highest BCUT2D eigenvalue weighted by Crippen LogP contribution is 2.28. The molecule has 0 amide bonds. The molecule has 0 spiro atoms. The van der Waals surface area contributed by atoms with E-state index in [1.54, 1.807) is 12.3 Å². The minimum Gasteiger partial charge on any atom is -0.472 e. The number of pyridine rings is 1. The van der Waals surface area contributed by atoms with Crippen molar-refractivity contribution in [3.05, 3.63) is 23.6 Å². The summed E-state index contributed by atoms with van der Waals surface area (Å²) < 4.78 is 20.1. The molecule has 0 aliphatic heterocycles. The van der Waals surface area contributed by atoms with Gasteiger partial charge in [0.15, 0.2) is 5.82 Å². The summed E-state index contributed by atoms with van der Waals surface area (Å²) in [6.07, 6.45) is 7.19. The summed E-state index contributed by atoms with van der Waals surface area (Å²) in [7, 11) is 0. The summed E-state index contributed by atoms with van der Waals surface area (Å²) in [6, 6.07) is 1.72. The van der Waals surface area contributed by atoms with Crippen molar-refractivity contribution in [2.24, 2.45) is 5.92 Å². The Morgan fingerprint density at radius 2 is 2.30 bits per heavy atom. The molecule has 1 heterocycles. The van der Waals surface area contributed by atoms with E-state index in [9.17, 15) is 4.39 Å². The fraction of sp³-hybridized carbons (Fsp3) is 0.688. The molecule has 4 heteroatoms. The van der Waals surface area contributed by atoms with Crippen LogP contribution < -0.4 is 10.1 Å². The molecule has 1 aromatic rings. The molecule has 1 N–H and O–H groups in total. The molecule has 0 bridgehead atoms. The smallest absolute Gasteiger partial charge is 0.250 e. The molecule has 2 rings (SSSR count). The van der Waals surface area contributed by atoms with E-state index in [-0.39, 0.29) is 17.8 Å². The van der Waals surface area contributed by atoms with Gasteiger partial charge >= 0.3 is 0 Å². The lowest BCUT2D eigenvalue weighted by Gasteiger charge is -2.27. The van der Waals surface area contributed by atoms with Crippen LogP contribution in [0.2, 0.25) is 0 Å². The third-order valence-corrected chi connectivity index (χ3v) is 3.85. The number of ether oxygens (including phenoxy) is 1. The normalized spacial score (nSPS) is 22.8. The second-order valence-corrected chi connectivity index (χ2v) is 5.78. The second-order valence-electron chi connectivity index (χ2n) is 5.78. The molecule has 2 unspecified atom stereocenters. The number of rotatable bonds is 6. The third kappa shape index (κ3) is 4.17. The van der Waals surface area contributed by atoms with Gasteiger partial charge in [-0.05, 0) is 44.2 Å². The average molecular weight is 280 g/mol. The minimum atomic E-state index is -0.311. The van der Waals surface area contributed by atoms with Gasteiger partial charge in [0.05, 0.1) is 0 Å². The maximum absolute atomic E-state index is 14.3. The summed E-state index contributed by atoms with van der Waals surface area (Å²) in [6.45, 7) is 5.73. The number of hydrogen-bond acceptors (Lipinski definition) is 3.